The Morgan fingerprint density at radius 2 is 2.10 bits per heavy atom. The van der Waals surface area contributed by atoms with E-state index in [9.17, 15) is 8.42 Å². The van der Waals surface area contributed by atoms with Crippen molar-refractivity contribution in [3.8, 4) is 0 Å². The molecule has 1 aliphatic carbocycles. The molecule has 2 fully saturated rings. The highest BCUT2D eigenvalue weighted by molar-refractivity contribution is 7.89. The zero-order valence-corrected chi connectivity index (χ0v) is 13.8. The van der Waals surface area contributed by atoms with Crippen molar-refractivity contribution in [2.24, 2.45) is 0 Å². The molecule has 0 spiro atoms. The van der Waals surface area contributed by atoms with Crippen LogP contribution in [0, 0.1) is 6.92 Å². The second kappa shape index (κ2) is 5.72. The van der Waals surface area contributed by atoms with Gasteiger partial charge in [-0.3, -0.25) is 0 Å². The van der Waals surface area contributed by atoms with Crippen LogP contribution in [0.15, 0.2) is 6.20 Å². The molecule has 3 rings (SSSR count). The number of rotatable bonds is 5. The van der Waals surface area contributed by atoms with Crippen molar-refractivity contribution in [3.63, 3.8) is 0 Å². The van der Waals surface area contributed by atoms with Crippen LogP contribution in [-0.2, 0) is 10.0 Å². The first-order chi connectivity index (χ1) is 10.0. The molecule has 0 bridgehead atoms. The summed E-state index contributed by atoms with van der Waals surface area (Å²) in [4.78, 5) is 4.57. The lowest BCUT2D eigenvalue weighted by atomic mass is 10.1. The molecular weight excluding hydrogens is 286 g/mol. The van der Waals surface area contributed by atoms with E-state index in [-0.39, 0.29) is 11.8 Å². The zero-order chi connectivity index (χ0) is 15.0. The molecule has 1 saturated heterocycles. The molecule has 2 heterocycles. The smallest absolute Gasteiger partial charge is 0.214 e. The van der Waals surface area contributed by atoms with E-state index in [2.05, 4.69) is 16.5 Å². The molecule has 1 aromatic heterocycles. The van der Waals surface area contributed by atoms with Gasteiger partial charge >= 0.3 is 0 Å². The van der Waals surface area contributed by atoms with Gasteiger partial charge in [-0.2, -0.15) is 4.31 Å². The standard InChI is InChI=1S/C15H25N3O2S/c1-3-9-21(19,20)17-8-4-5-14(11-17)18-12(2)10-16-15(18)13-6-7-13/h10,13-14H,3-9,11H2,1-2H3. The summed E-state index contributed by atoms with van der Waals surface area (Å²) in [5, 5.41) is 0. The lowest BCUT2D eigenvalue weighted by Gasteiger charge is -2.34. The van der Waals surface area contributed by atoms with E-state index in [0.29, 0.717) is 25.4 Å². The van der Waals surface area contributed by atoms with Gasteiger partial charge in [-0.1, -0.05) is 6.92 Å². The van der Waals surface area contributed by atoms with E-state index in [1.165, 1.54) is 18.7 Å². The summed E-state index contributed by atoms with van der Waals surface area (Å²) >= 11 is 0. The first-order valence-corrected chi connectivity index (χ1v) is 9.65. The molecule has 2 aliphatic rings. The zero-order valence-electron chi connectivity index (χ0n) is 13.0. The van der Waals surface area contributed by atoms with Gasteiger partial charge < -0.3 is 4.57 Å². The van der Waals surface area contributed by atoms with Crippen molar-refractivity contribution in [1.29, 1.82) is 0 Å². The van der Waals surface area contributed by atoms with Crippen molar-refractivity contribution < 1.29 is 8.42 Å². The fraction of sp³-hybridized carbons (Fsp3) is 0.800. The minimum absolute atomic E-state index is 0.253. The summed E-state index contributed by atoms with van der Waals surface area (Å²) in [5.41, 5.74) is 1.16. The Balaban J connectivity index is 1.82. The van der Waals surface area contributed by atoms with Gasteiger partial charge in [0.05, 0.1) is 5.75 Å². The number of hydrogen-bond donors (Lipinski definition) is 0. The Morgan fingerprint density at radius 3 is 2.76 bits per heavy atom. The summed E-state index contributed by atoms with van der Waals surface area (Å²) in [6.07, 6.45) is 7.06. The molecule has 0 amide bonds. The van der Waals surface area contributed by atoms with E-state index >= 15 is 0 Å². The topological polar surface area (TPSA) is 55.2 Å². The summed E-state index contributed by atoms with van der Waals surface area (Å²) < 4.78 is 28.6. The van der Waals surface area contributed by atoms with Crippen molar-refractivity contribution in [2.75, 3.05) is 18.8 Å². The lowest BCUT2D eigenvalue weighted by Crippen LogP contribution is -2.42. The van der Waals surface area contributed by atoms with E-state index in [0.717, 1.165) is 18.5 Å². The maximum Gasteiger partial charge on any atom is 0.214 e. The first-order valence-electron chi connectivity index (χ1n) is 8.04. The first kappa shape index (κ1) is 15.0. The number of hydrogen-bond acceptors (Lipinski definition) is 3. The fourth-order valence-corrected chi connectivity index (χ4v) is 4.94. The van der Waals surface area contributed by atoms with Crippen LogP contribution in [0.3, 0.4) is 0 Å². The van der Waals surface area contributed by atoms with Crippen molar-refractivity contribution in [3.05, 3.63) is 17.7 Å². The molecule has 1 atom stereocenters. The van der Waals surface area contributed by atoms with E-state index < -0.39 is 10.0 Å². The third-order valence-electron chi connectivity index (χ3n) is 4.53. The van der Waals surface area contributed by atoms with Crippen LogP contribution in [0.4, 0.5) is 0 Å². The number of imidazole rings is 1. The molecule has 1 aromatic rings. The molecule has 1 aliphatic heterocycles. The van der Waals surface area contributed by atoms with Gasteiger partial charge in [0.1, 0.15) is 5.82 Å². The Labute approximate surface area is 127 Å². The van der Waals surface area contributed by atoms with Gasteiger partial charge in [-0.05, 0) is 39.0 Å². The monoisotopic (exact) mass is 311 g/mol. The minimum atomic E-state index is -3.09. The summed E-state index contributed by atoms with van der Waals surface area (Å²) in [6.45, 7) is 5.28. The normalized spacial score (nSPS) is 24.4. The largest absolute Gasteiger partial charge is 0.328 e. The van der Waals surface area contributed by atoms with Gasteiger partial charge in [-0.15, -0.1) is 0 Å². The lowest BCUT2D eigenvalue weighted by molar-refractivity contribution is 0.261. The van der Waals surface area contributed by atoms with Crippen LogP contribution < -0.4 is 0 Å². The average Bonchev–Trinajstić information content (AvgIpc) is 3.22. The molecule has 0 N–H and O–H groups in total. The van der Waals surface area contributed by atoms with Gasteiger partial charge in [0.2, 0.25) is 10.0 Å². The minimum Gasteiger partial charge on any atom is -0.328 e. The quantitative estimate of drug-likeness (QED) is 0.839. The van der Waals surface area contributed by atoms with Crippen molar-refractivity contribution in [2.45, 2.75) is 57.9 Å². The van der Waals surface area contributed by atoms with Crippen LogP contribution in [0.5, 0.6) is 0 Å². The van der Waals surface area contributed by atoms with Crippen LogP contribution in [0.1, 0.15) is 62.5 Å². The summed E-state index contributed by atoms with van der Waals surface area (Å²) in [7, 11) is -3.09. The molecule has 0 radical (unpaired) electrons. The van der Waals surface area contributed by atoms with E-state index in [4.69, 9.17) is 0 Å². The Hall–Kier alpha value is -0.880. The SMILES string of the molecule is CCCS(=O)(=O)N1CCCC(n2c(C)cnc2C2CC2)C1. The Kier molecular flexibility index (Phi) is 4.10. The molecule has 21 heavy (non-hydrogen) atoms. The van der Waals surface area contributed by atoms with Gasteiger partial charge in [0, 0.05) is 36.9 Å². The molecule has 6 heteroatoms. The van der Waals surface area contributed by atoms with E-state index in [1.54, 1.807) is 4.31 Å². The Morgan fingerprint density at radius 1 is 1.33 bits per heavy atom. The van der Waals surface area contributed by atoms with Crippen LogP contribution in [0.2, 0.25) is 0 Å². The predicted octanol–water partition coefficient (Wildman–Crippen LogP) is 2.45. The maximum atomic E-state index is 12.3. The molecular formula is C15H25N3O2S. The third kappa shape index (κ3) is 3.01. The number of aryl methyl sites for hydroxylation is 1. The fourth-order valence-electron chi connectivity index (χ4n) is 3.35. The number of nitrogens with zero attached hydrogens (tertiary/aromatic N) is 3. The van der Waals surface area contributed by atoms with Crippen LogP contribution >= 0.6 is 0 Å². The molecule has 0 aromatic carbocycles. The van der Waals surface area contributed by atoms with Gasteiger partial charge in [0.25, 0.3) is 0 Å². The highest BCUT2D eigenvalue weighted by Gasteiger charge is 2.34. The third-order valence-corrected chi connectivity index (χ3v) is 6.58. The number of sulfonamides is 1. The second-order valence-electron chi connectivity index (χ2n) is 6.37. The molecule has 1 unspecified atom stereocenters. The summed E-state index contributed by atoms with van der Waals surface area (Å²) in [5.74, 6) is 2.03. The molecule has 5 nitrogen and oxygen atoms in total. The van der Waals surface area contributed by atoms with E-state index in [1.807, 2.05) is 13.1 Å². The highest BCUT2D eigenvalue weighted by Crippen LogP contribution is 2.41. The van der Waals surface area contributed by atoms with Crippen molar-refractivity contribution in [1.82, 2.24) is 13.9 Å². The Bertz CT molecular complexity index is 604. The number of piperidine rings is 1. The van der Waals surface area contributed by atoms with Crippen LogP contribution in [-0.4, -0.2) is 41.1 Å². The van der Waals surface area contributed by atoms with Crippen molar-refractivity contribution >= 4 is 10.0 Å². The second-order valence-corrected chi connectivity index (χ2v) is 8.46. The molecule has 1 saturated carbocycles. The average molecular weight is 311 g/mol. The van der Waals surface area contributed by atoms with Gasteiger partial charge in [0.15, 0.2) is 0 Å². The van der Waals surface area contributed by atoms with Crippen LogP contribution in [0.25, 0.3) is 0 Å². The van der Waals surface area contributed by atoms with Gasteiger partial charge in [-0.25, -0.2) is 13.4 Å². The maximum absolute atomic E-state index is 12.3. The predicted molar refractivity (Wildman–Crippen MR) is 82.9 cm³/mol. The number of aromatic nitrogens is 2. The highest BCUT2D eigenvalue weighted by atomic mass is 32.2. The molecule has 118 valence electrons. The summed E-state index contributed by atoms with van der Waals surface area (Å²) in [6, 6.07) is 0.253.